The molecule has 0 aliphatic carbocycles. The van der Waals surface area contributed by atoms with Crippen LogP contribution in [0.2, 0.25) is 0 Å². The number of aromatic hydroxyl groups is 1. The van der Waals surface area contributed by atoms with Crippen molar-refractivity contribution in [1.29, 1.82) is 5.26 Å². The Bertz CT molecular complexity index is 371. The maximum absolute atomic E-state index is 11.3. The molecule has 0 unspecified atom stereocenters. The predicted octanol–water partition coefficient (Wildman–Crippen LogP) is 0.431. The van der Waals surface area contributed by atoms with Crippen LogP contribution in [-0.4, -0.2) is 22.5 Å². The smallest absolute Gasteiger partial charge is 0.255 e. The van der Waals surface area contributed by atoms with E-state index >= 15 is 0 Å². The summed E-state index contributed by atoms with van der Waals surface area (Å²) in [5.74, 6) is -0.567. The van der Waals surface area contributed by atoms with Gasteiger partial charge in [-0.15, -0.1) is 0 Å². The molecule has 1 aromatic heterocycles. The second kappa shape index (κ2) is 4.82. The van der Waals surface area contributed by atoms with Crippen molar-refractivity contribution >= 4 is 5.91 Å². The Morgan fingerprint density at radius 2 is 2.50 bits per heavy atom. The van der Waals surface area contributed by atoms with Gasteiger partial charge in [-0.3, -0.25) is 9.78 Å². The molecule has 1 rings (SSSR count). The predicted molar refractivity (Wildman–Crippen MR) is 48.5 cm³/mol. The fourth-order valence-electron chi connectivity index (χ4n) is 0.905. The van der Waals surface area contributed by atoms with Gasteiger partial charge in [0.05, 0.1) is 24.3 Å². The normalized spacial score (nSPS) is 9.07. The van der Waals surface area contributed by atoms with Gasteiger partial charge in [0.1, 0.15) is 5.75 Å². The van der Waals surface area contributed by atoms with Crippen LogP contribution in [0.1, 0.15) is 16.8 Å². The molecule has 0 radical (unpaired) electrons. The number of hydrogen-bond donors (Lipinski definition) is 2. The Balaban J connectivity index is 2.62. The standard InChI is InChI=1S/C9H9N3O2/c10-3-1-4-12-9(14)7-2-5-11-6-8(7)13/h2,5-6,13H,1,4H2,(H,12,14). The first-order chi connectivity index (χ1) is 6.75. The Morgan fingerprint density at radius 3 is 3.14 bits per heavy atom. The average Bonchev–Trinajstić information content (AvgIpc) is 2.18. The minimum atomic E-state index is -0.403. The van der Waals surface area contributed by atoms with Gasteiger partial charge in [0.2, 0.25) is 0 Å². The van der Waals surface area contributed by atoms with Gasteiger partial charge in [-0.05, 0) is 6.07 Å². The minimum Gasteiger partial charge on any atom is -0.505 e. The Kier molecular flexibility index (Phi) is 3.44. The van der Waals surface area contributed by atoms with Gasteiger partial charge in [0, 0.05) is 12.7 Å². The van der Waals surface area contributed by atoms with Crippen LogP contribution in [0, 0.1) is 11.3 Å². The molecule has 0 aliphatic rings. The number of nitrogens with zero attached hydrogens (tertiary/aromatic N) is 2. The summed E-state index contributed by atoms with van der Waals surface area (Å²) in [6.45, 7) is 0.275. The largest absolute Gasteiger partial charge is 0.505 e. The average molecular weight is 191 g/mol. The molecule has 0 bridgehead atoms. The summed E-state index contributed by atoms with van der Waals surface area (Å²) in [6.07, 6.45) is 2.86. The van der Waals surface area contributed by atoms with Gasteiger partial charge in [0.25, 0.3) is 5.91 Å². The van der Waals surface area contributed by atoms with E-state index < -0.39 is 5.91 Å². The number of carbonyl (C=O) groups is 1. The van der Waals surface area contributed by atoms with Crippen molar-refractivity contribution in [3.8, 4) is 11.8 Å². The summed E-state index contributed by atoms with van der Waals surface area (Å²) in [5.41, 5.74) is 0.165. The highest BCUT2D eigenvalue weighted by atomic mass is 16.3. The summed E-state index contributed by atoms with van der Waals surface area (Å²) < 4.78 is 0. The van der Waals surface area contributed by atoms with Crippen LogP contribution < -0.4 is 5.32 Å². The topological polar surface area (TPSA) is 86.0 Å². The molecule has 1 aromatic rings. The van der Waals surface area contributed by atoms with E-state index in [1.54, 1.807) is 0 Å². The molecule has 0 fully saturated rings. The summed E-state index contributed by atoms with van der Waals surface area (Å²) >= 11 is 0. The molecule has 0 spiro atoms. The molecule has 0 aromatic carbocycles. The first kappa shape index (κ1) is 9.99. The Labute approximate surface area is 81.0 Å². The molecular formula is C9H9N3O2. The second-order valence-electron chi connectivity index (χ2n) is 2.56. The molecule has 0 atom stereocenters. The molecule has 0 aliphatic heterocycles. The van der Waals surface area contributed by atoms with Crippen LogP contribution in [0.15, 0.2) is 18.5 Å². The lowest BCUT2D eigenvalue weighted by Crippen LogP contribution is -2.24. The number of carbonyl (C=O) groups excluding carboxylic acids is 1. The molecule has 1 amide bonds. The number of nitriles is 1. The molecule has 0 saturated carbocycles. The van der Waals surface area contributed by atoms with Crippen molar-refractivity contribution < 1.29 is 9.90 Å². The van der Waals surface area contributed by atoms with Crippen molar-refractivity contribution in [1.82, 2.24) is 10.3 Å². The molecule has 0 saturated heterocycles. The Hall–Kier alpha value is -2.09. The zero-order chi connectivity index (χ0) is 10.4. The number of nitrogens with one attached hydrogen (secondary N) is 1. The quantitative estimate of drug-likeness (QED) is 0.678. The first-order valence-electron chi connectivity index (χ1n) is 4.04. The maximum atomic E-state index is 11.3. The fraction of sp³-hybridized carbons (Fsp3) is 0.222. The minimum absolute atomic E-state index is 0.165. The van der Waals surface area contributed by atoms with Crippen molar-refractivity contribution in [3.63, 3.8) is 0 Å². The molecule has 2 N–H and O–H groups in total. The van der Waals surface area contributed by atoms with Crippen LogP contribution in [0.5, 0.6) is 5.75 Å². The van der Waals surface area contributed by atoms with Crippen molar-refractivity contribution in [2.75, 3.05) is 6.54 Å². The summed E-state index contributed by atoms with van der Waals surface area (Å²) in [6, 6.07) is 3.31. The number of rotatable bonds is 3. The Morgan fingerprint density at radius 1 is 1.71 bits per heavy atom. The van der Waals surface area contributed by atoms with Crippen molar-refractivity contribution in [3.05, 3.63) is 24.0 Å². The third-order valence-electron chi connectivity index (χ3n) is 1.57. The maximum Gasteiger partial charge on any atom is 0.255 e. The van der Waals surface area contributed by atoms with Crippen LogP contribution in [-0.2, 0) is 0 Å². The third kappa shape index (κ3) is 2.45. The van der Waals surface area contributed by atoms with E-state index in [9.17, 15) is 9.90 Å². The summed E-state index contributed by atoms with van der Waals surface area (Å²) in [5, 5.41) is 20.0. The summed E-state index contributed by atoms with van der Waals surface area (Å²) in [7, 11) is 0. The van der Waals surface area contributed by atoms with Crippen molar-refractivity contribution in [2.24, 2.45) is 0 Å². The molecule has 5 heteroatoms. The number of hydrogen-bond acceptors (Lipinski definition) is 4. The van der Waals surface area contributed by atoms with Gasteiger partial charge in [-0.2, -0.15) is 5.26 Å². The SMILES string of the molecule is N#CCCNC(=O)c1ccncc1O. The van der Waals surface area contributed by atoms with Gasteiger partial charge in [0.15, 0.2) is 0 Å². The van der Waals surface area contributed by atoms with Crippen LogP contribution in [0.3, 0.4) is 0 Å². The molecule has 5 nitrogen and oxygen atoms in total. The zero-order valence-corrected chi connectivity index (χ0v) is 7.40. The highest BCUT2D eigenvalue weighted by molar-refractivity contribution is 5.96. The van der Waals surface area contributed by atoms with Crippen molar-refractivity contribution in [2.45, 2.75) is 6.42 Å². The van der Waals surface area contributed by atoms with E-state index in [1.807, 2.05) is 6.07 Å². The molecule has 14 heavy (non-hydrogen) atoms. The number of pyridine rings is 1. The van der Waals surface area contributed by atoms with E-state index in [0.717, 1.165) is 0 Å². The number of amides is 1. The number of aromatic nitrogens is 1. The van der Waals surface area contributed by atoms with Gasteiger partial charge >= 0.3 is 0 Å². The van der Waals surface area contributed by atoms with E-state index in [1.165, 1.54) is 18.5 Å². The highest BCUT2D eigenvalue weighted by Crippen LogP contribution is 2.12. The molecule has 72 valence electrons. The molecule has 1 heterocycles. The van der Waals surface area contributed by atoms with Gasteiger partial charge < -0.3 is 10.4 Å². The van der Waals surface area contributed by atoms with E-state index in [4.69, 9.17) is 5.26 Å². The van der Waals surface area contributed by atoms with Crippen LogP contribution in [0.25, 0.3) is 0 Å². The fourth-order valence-corrected chi connectivity index (χ4v) is 0.905. The second-order valence-corrected chi connectivity index (χ2v) is 2.56. The van der Waals surface area contributed by atoms with Crippen LogP contribution in [0.4, 0.5) is 0 Å². The lowest BCUT2D eigenvalue weighted by molar-refractivity contribution is 0.0951. The van der Waals surface area contributed by atoms with Gasteiger partial charge in [-0.25, -0.2) is 0 Å². The monoisotopic (exact) mass is 191 g/mol. The van der Waals surface area contributed by atoms with Crippen LogP contribution >= 0.6 is 0 Å². The van der Waals surface area contributed by atoms with E-state index in [0.29, 0.717) is 0 Å². The van der Waals surface area contributed by atoms with E-state index in [2.05, 4.69) is 10.3 Å². The lowest BCUT2D eigenvalue weighted by atomic mass is 10.2. The summed E-state index contributed by atoms with van der Waals surface area (Å²) in [4.78, 5) is 15.0. The van der Waals surface area contributed by atoms with E-state index in [-0.39, 0.29) is 24.3 Å². The van der Waals surface area contributed by atoms with Gasteiger partial charge in [-0.1, -0.05) is 0 Å². The molecular weight excluding hydrogens is 182 g/mol. The third-order valence-corrected chi connectivity index (χ3v) is 1.57. The first-order valence-corrected chi connectivity index (χ1v) is 4.04. The zero-order valence-electron chi connectivity index (χ0n) is 7.40. The lowest BCUT2D eigenvalue weighted by Gasteiger charge is -2.03. The highest BCUT2D eigenvalue weighted by Gasteiger charge is 2.08.